The maximum Gasteiger partial charge on any atom is 0.160 e. The van der Waals surface area contributed by atoms with Crippen LogP contribution < -0.4 is 0 Å². The van der Waals surface area contributed by atoms with Crippen LogP contribution in [-0.2, 0) is 4.79 Å². The molecular weight excluding hydrogens is 212 g/mol. The summed E-state index contributed by atoms with van der Waals surface area (Å²) in [7, 11) is 0. The zero-order valence-corrected chi connectivity index (χ0v) is 11.4. The van der Waals surface area contributed by atoms with Crippen molar-refractivity contribution in [1.29, 1.82) is 0 Å². The molecule has 17 heavy (non-hydrogen) atoms. The number of rotatable bonds is 0. The number of hydrogen-bond acceptors (Lipinski definition) is 2. The van der Waals surface area contributed by atoms with E-state index >= 15 is 0 Å². The number of ketones is 1. The van der Waals surface area contributed by atoms with E-state index in [4.69, 9.17) is 0 Å². The molecule has 0 unspecified atom stereocenters. The first-order valence-corrected chi connectivity index (χ1v) is 6.38. The van der Waals surface area contributed by atoms with Crippen molar-refractivity contribution >= 4 is 5.78 Å². The first-order chi connectivity index (χ1) is 7.82. The molecule has 0 saturated heterocycles. The summed E-state index contributed by atoms with van der Waals surface area (Å²) in [4.78, 5) is 11.9. The van der Waals surface area contributed by atoms with E-state index in [9.17, 15) is 9.90 Å². The minimum absolute atomic E-state index is 0.00589. The van der Waals surface area contributed by atoms with Crippen LogP contribution in [0.2, 0.25) is 0 Å². The van der Waals surface area contributed by atoms with Gasteiger partial charge in [0.2, 0.25) is 0 Å². The predicted molar refractivity (Wildman–Crippen MR) is 70.7 cm³/mol. The van der Waals surface area contributed by atoms with Gasteiger partial charge in [0.05, 0.1) is 6.10 Å². The van der Waals surface area contributed by atoms with Crippen LogP contribution in [0.1, 0.15) is 47.0 Å². The SMILES string of the molecule is C/C1=C\CC(C)(C)/C=C/C(=O)[C@H](C)[C@@H](O)CC1. The fourth-order valence-corrected chi connectivity index (χ4v) is 1.88. The normalized spacial score (nSPS) is 35.6. The molecule has 2 atom stereocenters. The lowest BCUT2D eigenvalue weighted by molar-refractivity contribution is -0.121. The molecule has 2 heteroatoms. The van der Waals surface area contributed by atoms with Gasteiger partial charge in [-0.1, -0.05) is 38.5 Å². The summed E-state index contributed by atoms with van der Waals surface area (Å²) in [5.41, 5.74) is 1.30. The van der Waals surface area contributed by atoms with Gasteiger partial charge in [-0.3, -0.25) is 4.79 Å². The summed E-state index contributed by atoms with van der Waals surface area (Å²) in [6.45, 7) is 8.15. The molecule has 1 N–H and O–H groups in total. The Balaban J connectivity index is 2.92. The fraction of sp³-hybridized carbons (Fsp3) is 0.667. The second-order valence-electron chi connectivity index (χ2n) is 5.87. The monoisotopic (exact) mass is 236 g/mol. The number of carbonyl (C=O) groups excluding carboxylic acids is 1. The van der Waals surface area contributed by atoms with Crippen LogP contribution in [0.15, 0.2) is 23.8 Å². The van der Waals surface area contributed by atoms with E-state index in [0.29, 0.717) is 6.42 Å². The lowest BCUT2D eigenvalue weighted by atomic mass is 9.87. The molecule has 0 saturated carbocycles. The molecule has 1 aliphatic rings. The van der Waals surface area contributed by atoms with Crippen LogP contribution in [-0.4, -0.2) is 17.0 Å². The third-order valence-corrected chi connectivity index (χ3v) is 3.54. The number of aliphatic hydroxyl groups is 1. The van der Waals surface area contributed by atoms with Crippen molar-refractivity contribution in [1.82, 2.24) is 0 Å². The number of aliphatic hydroxyl groups excluding tert-OH is 1. The van der Waals surface area contributed by atoms with Gasteiger partial charge in [-0.15, -0.1) is 0 Å². The highest BCUT2D eigenvalue weighted by Crippen LogP contribution is 2.26. The molecule has 2 nitrogen and oxygen atoms in total. The highest BCUT2D eigenvalue weighted by Gasteiger charge is 2.22. The molecule has 0 aliphatic heterocycles. The smallest absolute Gasteiger partial charge is 0.160 e. The van der Waals surface area contributed by atoms with E-state index < -0.39 is 6.10 Å². The third-order valence-electron chi connectivity index (χ3n) is 3.54. The van der Waals surface area contributed by atoms with E-state index in [1.54, 1.807) is 13.0 Å². The van der Waals surface area contributed by atoms with Crippen LogP contribution in [0.4, 0.5) is 0 Å². The third kappa shape index (κ3) is 4.47. The van der Waals surface area contributed by atoms with E-state index in [2.05, 4.69) is 26.8 Å². The van der Waals surface area contributed by atoms with Gasteiger partial charge >= 0.3 is 0 Å². The molecule has 0 heterocycles. The molecule has 0 aromatic carbocycles. The van der Waals surface area contributed by atoms with Crippen LogP contribution in [0.25, 0.3) is 0 Å². The Kier molecular flexibility index (Phi) is 4.70. The number of carbonyl (C=O) groups is 1. The topological polar surface area (TPSA) is 37.3 Å². The largest absolute Gasteiger partial charge is 0.392 e. The van der Waals surface area contributed by atoms with Gasteiger partial charge in [-0.05, 0) is 37.7 Å². The van der Waals surface area contributed by atoms with Crippen molar-refractivity contribution in [3.8, 4) is 0 Å². The Hall–Kier alpha value is -0.890. The summed E-state index contributed by atoms with van der Waals surface area (Å²) in [5, 5.41) is 9.93. The zero-order chi connectivity index (χ0) is 13.1. The van der Waals surface area contributed by atoms with E-state index in [-0.39, 0.29) is 17.1 Å². The summed E-state index contributed by atoms with van der Waals surface area (Å²) < 4.78 is 0. The molecular formula is C15H24O2. The summed E-state index contributed by atoms with van der Waals surface area (Å²) in [5.74, 6) is -0.266. The molecule has 0 aromatic heterocycles. The van der Waals surface area contributed by atoms with Gasteiger partial charge in [-0.2, -0.15) is 0 Å². The van der Waals surface area contributed by atoms with Crippen molar-refractivity contribution in [3.63, 3.8) is 0 Å². The molecule has 1 aliphatic carbocycles. The second-order valence-corrected chi connectivity index (χ2v) is 5.87. The van der Waals surface area contributed by atoms with Crippen LogP contribution in [0.5, 0.6) is 0 Å². The Morgan fingerprint density at radius 2 is 2.06 bits per heavy atom. The van der Waals surface area contributed by atoms with Crippen LogP contribution in [0, 0.1) is 11.3 Å². The number of allylic oxidation sites excluding steroid dienone is 4. The van der Waals surface area contributed by atoms with E-state index in [1.165, 1.54) is 5.57 Å². The van der Waals surface area contributed by atoms with Crippen molar-refractivity contribution in [2.24, 2.45) is 11.3 Å². The molecule has 0 radical (unpaired) electrons. The molecule has 0 aromatic rings. The average molecular weight is 236 g/mol. The Morgan fingerprint density at radius 3 is 2.71 bits per heavy atom. The lowest BCUT2D eigenvalue weighted by Crippen LogP contribution is -2.24. The van der Waals surface area contributed by atoms with Crippen molar-refractivity contribution in [3.05, 3.63) is 23.8 Å². The fourth-order valence-electron chi connectivity index (χ4n) is 1.88. The van der Waals surface area contributed by atoms with Crippen molar-refractivity contribution in [2.75, 3.05) is 0 Å². The predicted octanol–water partition coefficient (Wildman–Crippen LogP) is 3.27. The standard InChI is InChI=1S/C15H24O2/c1-11-5-6-13(16)12(2)14(17)8-10-15(3,4)9-7-11/h7-8,10,12-13,16H,5-6,9H2,1-4H3/b10-8+,11-7+/t12-,13+/m1/s1. The molecule has 0 amide bonds. The lowest BCUT2D eigenvalue weighted by Gasteiger charge is -2.18. The summed E-state index contributed by atoms with van der Waals surface area (Å²) in [6, 6.07) is 0. The van der Waals surface area contributed by atoms with Gasteiger partial charge in [0.15, 0.2) is 5.78 Å². The van der Waals surface area contributed by atoms with Crippen LogP contribution >= 0.6 is 0 Å². The first-order valence-electron chi connectivity index (χ1n) is 6.38. The molecule has 96 valence electrons. The molecule has 0 fully saturated rings. The molecule has 0 spiro atoms. The average Bonchev–Trinajstić information content (AvgIpc) is 2.29. The van der Waals surface area contributed by atoms with Crippen molar-refractivity contribution in [2.45, 2.75) is 53.1 Å². The van der Waals surface area contributed by atoms with Crippen LogP contribution in [0.3, 0.4) is 0 Å². The second kappa shape index (κ2) is 5.63. The summed E-state index contributed by atoms with van der Waals surface area (Å²) in [6.07, 6.45) is 7.77. The first kappa shape index (κ1) is 14.2. The summed E-state index contributed by atoms with van der Waals surface area (Å²) >= 11 is 0. The van der Waals surface area contributed by atoms with Gasteiger partial charge in [-0.25, -0.2) is 0 Å². The minimum Gasteiger partial charge on any atom is -0.392 e. The van der Waals surface area contributed by atoms with Gasteiger partial charge < -0.3 is 5.11 Å². The zero-order valence-electron chi connectivity index (χ0n) is 11.4. The molecule has 1 rings (SSSR count). The maximum atomic E-state index is 11.9. The van der Waals surface area contributed by atoms with Gasteiger partial charge in [0.25, 0.3) is 0 Å². The highest BCUT2D eigenvalue weighted by atomic mass is 16.3. The van der Waals surface area contributed by atoms with Crippen molar-refractivity contribution < 1.29 is 9.90 Å². The van der Waals surface area contributed by atoms with Gasteiger partial charge in [0.1, 0.15) is 0 Å². The minimum atomic E-state index is -0.531. The highest BCUT2D eigenvalue weighted by molar-refractivity contribution is 5.91. The van der Waals surface area contributed by atoms with E-state index in [1.807, 2.05) is 6.08 Å². The van der Waals surface area contributed by atoms with Gasteiger partial charge in [0, 0.05) is 5.92 Å². The quantitative estimate of drug-likeness (QED) is 0.655. The Morgan fingerprint density at radius 1 is 1.41 bits per heavy atom. The molecule has 0 bridgehead atoms. The Bertz CT molecular complexity index is 337. The Labute approximate surface area is 104 Å². The maximum absolute atomic E-state index is 11.9. The van der Waals surface area contributed by atoms with E-state index in [0.717, 1.165) is 12.8 Å². The number of hydrogen-bond donors (Lipinski definition) is 1.